The molecule has 1 aliphatic rings. The molecule has 0 N–H and O–H groups in total. The van der Waals surface area contributed by atoms with Crippen LogP contribution in [0, 0.1) is 6.92 Å². The van der Waals surface area contributed by atoms with Crippen molar-refractivity contribution in [3.63, 3.8) is 0 Å². The van der Waals surface area contributed by atoms with E-state index in [9.17, 15) is 0 Å². The summed E-state index contributed by atoms with van der Waals surface area (Å²) in [4.78, 5) is 12.3. The van der Waals surface area contributed by atoms with Crippen molar-refractivity contribution < 1.29 is 0 Å². The van der Waals surface area contributed by atoms with E-state index < -0.39 is 0 Å². The van der Waals surface area contributed by atoms with E-state index in [1.165, 1.54) is 57.6 Å². The Bertz CT molecular complexity index is 933. The molecule has 0 fully saturated rings. The summed E-state index contributed by atoms with van der Waals surface area (Å²) in [7, 11) is 0. The predicted molar refractivity (Wildman–Crippen MR) is 113 cm³/mol. The maximum atomic E-state index is 4.81. The number of hydrogen-bond donors (Lipinski definition) is 0. The van der Waals surface area contributed by atoms with Crippen LogP contribution in [0.15, 0.2) is 29.3 Å². The van der Waals surface area contributed by atoms with Crippen molar-refractivity contribution in [2.45, 2.75) is 69.6 Å². The Labute approximate surface area is 164 Å². The van der Waals surface area contributed by atoms with Crippen LogP contribution in [0.3, 0.4) is 0 Å². The highest BCUT2D eigenvalue weighted by Crippen LogP contribution is 2.40. The van der Waals surface area contributed by atoms with Crippen LogP contribution in [0.25, 0.3) is 10.2 Å². The van der Waals surface area contributed by atoms with Gasteiger partial charge in [-0.3, -0.25) is 0 Å². The maximum absolute atomic E-state index is 4.81. The Kier molecular flexibility index (Phi) is 4.83. The van der Waals surface area contributed by atoms with Crippen LogP contribution in [-0.2, 0) is 24.0 Å². The fraction of sp³-hybridized carbons (Fsp3) is 0.455. The summed E-state index contributed by atoms with van der Waals surface area (Å²) in [6, 6.07) is 9.07. The standard InChI is InChI=1S/C22H26N2S2/c1-14-23-20(19-17-7-5-6-8-18(17)26-21(19)24-14)25-13-15-9-11-16(12-10-15)22(2,3)4/h9-12H,5-8,13H2,1-4H3. The molecule has 1 aliphatic carbocycles. The summed E-state index contributed by atoms with van der Waals surface area (Å²) in [6.45, 7) is 8.80. The van der Waals surface area contributed by atoms with Crippen LogP contribution in [0.4, 0.5) is 0 Å². The molecule has 26 heavy (non-hydrogen) atoms. The fourth-order valence-electron chi connectivity index (χ4n) is 3.58. The zero-order valence-electron chi connectivity index (χ0n) is 16.1. The molecule has 0 radical (unpaired) electrons. The van der Waals surface area contributed by atoms with E-state index in [-0.39, 0.29) is 5.41 Å². The van der Waals surface area contributed by atoms with Crippen molar-refractivity contribution in [3.05, 3.63) is 51.7 Å². The quantitative estimate of drug-likeness (QED) is 0.383. The van der Waals surface area contributed by atoms with Gasteiger partial charge >= 0.3 is 0 Å². The van der Waals surface area contributed by atoms with Gasteiger partial charge in [-0.05, 0) is 54.7 Å². The number of rotatable bonds is 3. The number of aryl methyl sites for hydroxylation is 3. The second-order valence-electron chi connectivity index (χ2n) is 8.20. The molecule has 0 bridgehead atoms. The molecule has 3 aromatic rings. The van der Waals surface area contributed by atoms with E-state index in [0.29, 0.717) is 0 Å². The van der Waals surface area contributed by atoms with Crippen molar-refractivity contribution in [1.29, 1.82) is 0 Å². The van der Waals surface area contributed by atoms with Crippen LogP contribution >= 0.6 is 23.1 Å². The lowest BCUT2D eigenvalue weighted by Gasteiger charge is -2.19. The molecular weight excluding hydrogens is 356 g/mol. The third-order valence-electron chi connectivity index (χ3n) is 5.09. The maximum Gasteiger partial charge on any atom is 0.128 e. The molecule has 2 nitrogen and oxygen atoms in total. The van der Waals surface area contributed by atoms with Gasteiger partial charge in [0, 0.05) is 16.0 Å². The molecule has 4 rings (SSSR count). The third-order valence-corrected chi connectivity index (χ3v) is 7.32. The number of fused-ring (bicyclic) bond motifs is 3. The lowest BCUT2D eigenvalue weighted by atomic mass is 9.87. The van der Waals surface area contributed by atoms with Gasteiger partial charge in [0.2, 0.25) is 0 Å². The van der Waals surface area contributed by atoms with E-state index in [1.807, 2.05) is 30.0 Å². The summed E-state index contributed by atoms with van der Waals surface area (Å²) in [5, 5.41) is 2.51. The lowest BCUT2D eigenvalue weighted by Crippen LogP contribution is -2.10. The van der Waals surface area contributed by atoms with Crippen molar-refractivity contribution in [3.8, 4) is 0 Å². The molecule has 0 unspecified atom stereocenters. The Hall–Kier alpha value is -1.39. The van der Waals surface area contributed by atoms with Gasteiger partial charge in [-0.1, -0.05) is 45.0 Å². The molecule has 0 saturated carbocycles. The molecule has 4 heteroatoms. The van der Waals surface area contributed by atoms with Crippen LogP contribution in [0.5, 0.6) is 0 Å². The van der Waals surface area contributed by atoms with Gasteiger partial charge in [0.25, 0.3) is 0 Å². The minimum Gasteiger partial charge on any atom is -0.226 e. The molecule has 0 spiro atoms. The minimum atomic E-state index is 0.206. The first-order valence-corrected chi connectivity index (χ1v) is 11.2. The molecule has 0 amide bonds. The van der Waals surface area contributed by atoms with Gasteiger partial charge < -0.3 is 0 Å². The highest BCUT2D eigenvalue weighted by Gasteiger charge is 2.21. The molecule has 0 aliphatic heterocycles. The number of thioether (sulfide) groups is 1. The summed E-state index contributed by atoms with van der Waals surface area (Å²) in [6.07, 6.45) is 5.02. The second-order valence-corrected chi connectivity index (χ2v) is 10.3. The van der Waals surface area contributed by atoms with Crippen LogP contribution in [0.2, 0.25) is 0 Å². The summed E-state index contributed by atoms with van der Waals surface area (Å²) in [5.74, 6) is 1.85. The molecule has 2 aromatic heterocycles. The van der Waals surface area contributed by atoms with Crippen LogP contribution in [0.1, 0.15) is 61.0 Å². The third kappa shape index (κ3) is 3.54. The molecule has 0 atom stereocenters. The highest BCUT2D eigenvalue weighted by molar-refractivity contribution is 7.98. The molecular formula is C22H26N2S2. The fourth-order valence-corrected chi connectivity index (χ4v) is 6.01. The van der Waals surface area contributed by atoms with Crippen molar-refractivity contribution >= 4 is 33.3 Å². The van der Waals surface area contributed by atoms with E-state index in [4.69, 9.17) is 9.97 Å². The number of benzene rings is 1. The molecule has 2 heterocycles. The zero-order chi connectivity index (χ0) is 18.3. The number of hydrogen-bond acceptors (Lipinski definition) is 4. The van der Waals surface area contributed by atoms with Crippen molar-refractivity contribution in [2.24, 2.45) is 0 Å². The van der Waals surface area contributed by atoms with E-state index in [1.54, 1.807) is 4.88 Å². The average molecular weight is 383 g/mol. The topological polar surface area (TPSA) is 25.8 Å². The first-order valence-electron chi connectivity index (χ1n) is 9.43. The zero-order valence-corrected chi connectivity index (χ0v) is 17.7. The van der Waals surface area contributed by atoms with Crippen molar-refractivity contribution in [2.75, 3.05) is 0 Å². The monoisotopic (exact) mass is 382 g/mol. The van der Waals surface area contributed by atoms with Crippen molar-refractivity contribution in [1.82, 2.24) is 9.97 Å². The second kappa shape index (κ2) is 6.97. The van der Waals surface area contributed by atoms with Gasteiger partial charge in [0.15, 0.2) is 0 Å². The average Bonchev–Trinajstić information content (AvgIpc) is 2.97. The Morgan fingerprint density at radius 1 is 1.04 bits per heavy atom. The number of thiophene rings is 1. The van der Waals surface area contributed by atoms with Gasteiger partial charge in [-0.25, -0.2) is 9.97 Å². The van der Waals surface area contributed by atoms with Gasteiger partial charge in [0.05, 0.1) is 0 Å². The van der Waals surface area contributed by atoms with Gasteiger partial charge in [0.1, 0.15) is 15.7 Å². The molecule has 0 saturated heterocycles. The summed E-state index contributed by atoms with van der Waals surface area (Å²) >= 11 is 3.75. The van der Waals surface area contributed by atoms with Gasteiger partial charge in [-0.2, -0.15) is 0 Å². The minimum absolute atomic E-state index is 0.206. The van der Waals surface area contributed by atoms with Crippen LogP contribution < -0.4 is 0 Å². The molecule has 136 valence electrons. The first-order chi connectivity index (χ1) is 12.4. The SMILES string of the molecule is Cc1nc(SCc2ccc(C(C)(C)C)cc2)c2c3c(sc2n1)CCCC3. The van der Waals surface area contributed by atoms with E-state index >= 15 is 0 Å². The normalized spacial score (nSPS) is 14.6. The van der Waals surface area contributed by atoms with Crippen LogP contribution in [-0.4, -0.2) is 9.97 Å². The first kappa shape index (κ1) is 18.0. The van der Waals surface area contributed by atoms with E-state index in [2.05, 4.69) is 45.0 Å². The summed E-state index contributed by atoms with van der Waals surface area (Å²) < 4.78 is 0. The predicted octanol–water partition coefficient (Wildman–Crippen LogP) is 6.47. The molecule has 1 aromatic carbocycles. The summed E-state index contributed by atoms with van der Waals surface area (Å²) in [5.41, 5.74) is 4.48. The Morgan fingerprint density at radius 3 is 2.50 bits per heavy atom. The van der Waals surface area contributed by atoms with E-state index in [0.717, 1.165) is 11.6 Å². The largest absolute Gasteiger partial charge is 0.226 e. The van der Waals surface area contributed by atoms with Gasteiger partial charge in [-0.15, -0.1) is 23.1 Å². The smallest absolute Gasteiger partial charge is 0.128 e. The lowest BCUT2D eigenvalue weighted by molar-refractivity contribution is 0.590. The number of nitrogens with zero attached hydrogens (tertiary/aromatic N) is 2. The number of aromatic nitrogens is 2. The Morgan fingerprint density at radius 2 is 1.77 bits per heavy atom. The Balaban J connectivity index is 1.62. The highest BCUT2D eigenvalue weighted by atomic mass is 32.2.